The van der Waals surface area contributed by atoms with E-state index < -0.39 is 0 Å². The fraction of sp³-hybridized carbons (Fsp3) is 0.417. The molecular formula is C12H17NO2. The molecule has 2 N–H and O–H groups in total. The summed E-state index contributed by atoms with van der Waals surface area (Å²) in [6, 6.07) is 7.30. The molecule has 82 valence electrons. The van der Waals surface area contributed by atoms with Crippen LogP contribution < -0.4 is 5.73 Å². The summed E-state index contributed by atoms with van der Waals surface area (Å²) < 4.78 is 5.24. The fourth-order valence-corrected chi connectivity index (χ4v) is 1.15. The summed E-state index contributed by atoms with van der Waals surface area (Å²) in [4.78, 5) is 11.6. The number of Topliss-reactive ketones (excluding diaryl/α,β-unsaturated/α-hetero) is 1. The number of benzene rings is 1. The number of hydrogen-bond donors (Lipinski definition) is 1. The highest BCUT2D eigenvalue weighted by atomic mass is 16.5. The van der Waals surface area contributed by atoms with Gasteiger partial charge in [0.25, 0.3) is 0 Å². The Labute approximate surface area is 90.2 Å². The van der Waals surface area contributed by atoms with Gasteiger partial charge in [-0.15, -0.1) is 0 Å². The molecule has 0 spiro atoms. The summed E-state index contributed by atoms with van der Waals surface area (Å²) in [5.74, 6) is 0.00673. The minimum absolute atomic E-state index is 0.00673. The van der Waals surface area contributed by atoms with Gasteiger partial charge in [-0.2, -0.15) is 0 Å². The van der Waals surface area contributed by atoms with Gasteiger partial charge in [-0.05, 0) is 19.4 Å². The molecular weight excluding hydrogens is 190 g/mol. The third kappa shape index (κ3) is 3.81. The van der Waals surface area contributed by atoms with Crippen molar-refractivity contribution in [1.82, 2.24) is 0 Å². The van der Waals surface area contributed by atoms with Crippen LogP contribution in [0.4, 0.5) is 0 Å². The summed E-state index contributed by atoms with van der Waals surface area (Å²) in [5, 5.41) is 0. The van der Waals surface area contributed by atoms with Crippen molar-refractivity contribution in [3.63, 3.8) is 0 Å². The SMILES string of the molecule is CC(C)OCC(=O)c1ccc(CN)cc1. The van der Waals surface area contributed by atoms with Crippen molar-refractivity contribution in [2.45, 2.75) is 26.5 Å². The van der Waals surface area contributed by atoms with Crippen molar-refractivity contribution < 1.29 is 9.53 Å². The zero-order valence-corrected chi connectivity index (χ0v) is 9.19. The maximum atomic E-state index is 11.6. The van der Waals surface area contributed by atoms with Gasteiger partial charge in [-0.1, -0.05) is 24.3 Å². The molecule has 3 heteroatoms. The largest absolute Gasteiger partial charge is 0.371 e. The minimum Gasteiger partial charge on any atom is -0.371 e. The predicted octanol–water partition coefficient (Wildman–Crippen LogP) is 1.75. The van der Waals surface area contributed by atoms with Crippen LogP contribution in [-0.2, 0) is 11.3 Å². The predicted molar refractivity (Wildman–Crippen MR) is 59.8 cm³/mol. The number of rotatable bonds is 5. The summed E-state index contributed by atoms with van der Waals surface area (Å²) in [6.07, 6.45) is 0.0808. The highest BCUT2D eigenvalue weighted by Gasteiger charge is 2.06. The summed E-state index contributed by atoms with van der Waals surface area (Å²) in [7, 11) is 0. The lowest BCUT2D eigenvalue weighted by molar-refractivity contribution is 0.0585. The van der Waals surface area contributed by atoms with Crippen LogP contribution in [0.15, 0.2) is 24.3 Å². The average molecular weight is 207 g/mol. The molecule has 0 atom stereocenters. The molecule has 1 aromatic carbocycles. The Morgan fingerprint density at radius 2 is 1.93 bits per heavy atom. The van der Waals surface area contributed by atoms with Gasteiger partial charge in [-0.25, -0.2) is 0 Å². The lowest BCUT2D eigenvalue weighted by Gasteiger charge is -2.06. The molecule has 0 radical (unpaired) electrons. The Morgan fingerprint density at radius 3 is 2.40 bits per heavy atom. The van der Waals surface area contributed by atoms with Crippen LogP contribution >= 0.6 is 0 Å². The van der Waals surface area contributed by atoms with Gasteiger partial charge in [0.05, 0.1) is 6.10 Å². The van der Waals surface area contributed by atoms with Crippen molar-refractivity contribution in [2.75, 3.05) is 6.61 Å². The molecule has 0 saturated carbocycles. The van der Waals surface area contributed by atoms with Crippen LogP contribution in [-0.4, -0.2) is 18.5 Å². The highest BCUT2D eigenvalue weighted by molar-refractivity contribution is 5.97. The maximum Gasteiger partial charge on any atom is 0.188 e. The van der Waals surface area contributed by atoms with Crippen LogP contribution in [0.2, 0.25) is 0 Å². The number of carbonyl (C=O) groups excluding carboxylic acids is 1. The normalized spacial score (nSPS) is 10.7. The van der Waals surface area contributed by atoms with E-state index in [4.69, 9.17) is 10.5 Å². The summed E-state index contributed by atoms with van der Waals surface area (Å²) >= 11 is 0. The van der Waals surface area contributed by atoms with Gasteiger partial charge in [0.2, 0.25) is 0 Å². The molecule has 0 aliphatic heterocycles. The smallest absolute Gasteiger partial charge is 0.188 e. The van der Waals surface area contributed by atoms with Crippen molar-refractivity contribution in [2.24, 2.45) is 5.73 Å². The number of nitrogens with two attached hydrogens (primary N) is 1. The van der Waals surface area contributed by atoms with E-state index in [-0.39, 0.29) is 18.5 Å². The maximum absolute atomic E-state index is 11.6. The van der Waals surface area contributed by atoms with E-state index in [1.54, 1.807) is 12.1 Å². The van der Waals surface area contributed by atoms with Crippen LogP contribution in [0, 0.1) is 0 Å². The van der Waals surface area contributed by atoms with Crippen molar-refractivity contribution in [3.05, 3.63) is 35.4 Å². The molecule has 0 aliphatic carbocycles. The van der Waals surface area contributed by atoms with Gasteiger partial charge >= 0.3 is 0 Å². The first-order chi connectivity index (χ1) is 7.13. The second-order valence-corrected chi connectivity index (χ2v) is 3.68. The molecule has 1 aromatic rings. The number of ketones is 1. The number of ether oxygens (including phenoxy) is 1. The Kier molecular flexibility index (Phi) is 4.46. The average Bonchev–Trinajstić information content (AvgIpc) is 2.26. The van der Waals surface area contributed by atoms with E-state index in [0.717, 1.165) is 5.56 Å². The van der Waals surface area contributed by atoms with E-state index in [9.17, 15) is 4.79 Å². The quantitative estimate of drug-likeness (QED) is 0.748. The van der Waals surface area contributed by atoms with Crippen molar-refractivity contribution in [3.8, 4) is 0 Å². The van der Waals surface area contributed by atoms with Crippen molar-refractivity contribution >= 4 is 5.78 Å². The molecule has 0 bridgehead atoms. The molecule has 0 heterocycles. The Morgan fingerprint density at radius 1 is 1.33 bits per heavy atom. The topological polar surface area (TPSA) is 52.3 Å². The van der Waals surface area contributed by atoms with Gasteiger partial charge in [0, 0.05) is 12.1 Å². The van der Waals surface area contributed by atoms with E-state index in [1.165, 1.54) is 0 Å². The zero-order chi connectivity index (χ0) is 11.3. The van der Waals surface area contributed by atoms with E-state index in [0.29, 0.717) is 12.1 Å². The molecule has 0 unspecified atom stereocenters. The third-order valence-electron chi connectivity index (χ3n) is 2.06. The van der Waals surface area contributed by atoms with Crippen LogP contribution in [0.1, 0.15) is 29.8 Å². The first-order valence-electron chi connectivity index (χ1n) is 5.07. The molecule has 0 saturated heterocycles. The molecule has 1 rings (SSSR count). The number of carbonyl (C=O) groups is 1. The van der Waals surface area contributed by atoms with Crippen LogP contribution in [0.3, 0.4) is 0 Å². The standard InChI is InChI=1S/C12H17NO2/c1-9(2)15-8-12(14)11-5-3-10(7-13)4-6-11/h3-6,9H,7-8,13H2,1-2H3. The molecule has 15 heavy (non-hydrogen) atoms. The summed E-state index contributed by atoms with van der Waals surface area (Å²) in [5.41, 5.74) is 7.16. The molecule has 3 nitrogen and oxygen atoms in total. The monoisotopic (exact) mass is 207 g/mol. The Balaban J connectivity index is 2.58. The van der Waals surface area contributed by atoms with Gasteiger partial charge in [0.1, 0.15) is 6.61 Å². The van der Waals surface area contributed by atoms with Gasteiger partial charge < -0.3 is 10.5 Å². The molecule has 0 aliphatic rings. The lowest BCUT2D eigenvalue weighted by atomic mass is 10.1. The second kappa shape index (κ2) is 5.63. The Hall–Kier alpha value is -1.19. The second-order valence-electron chi connectivity index (χ2n) is 3.68. The fourth-order valence-electron chi connectivity index (χ4n) is 1.15. The molecule has 0 fully saturated rings. The van der Waals surface area contributed by atoms with Crippen LogP contribution in [0.25, 0.3) is 0 Å². The molecule has 0 aromatic heterocycles. The number of hydrogen-bond acceptors (Lipinski definition) is 3. The van der Waals surface area contributed by atoms with Gasteiger partial charge in [0.15, 0.2) is 5.78 Å². The van der Waals surface area contributed by atoms with Crippen molar-refractivity contribution in [1.29, 1.82) is 0 Å². The highest BCUT2D eigenvalue weighted by Crippen LogP contribution is 2.05. The van der Waals surface area contributed by atoms with Crippen LogP contribution in [0.5, 0.6) is 0 Å². The minimum atomic E-state index is 0.00673. The first-order valence-corrected chi connectivity index (χ1v) is 5.07. The zero-order valence-electron chi connectivity index (χ0n) is 9.19. The first kappa shape index (κ1) is 11.9. The van der Waals surface area contributed by atoms with E-state index >= 15 is 0 Å². The molecule has 0 amide bonds. The Bertz CT molecular complexity index is 317. The van der Waals surface area contributed by atoms with Gasteiger partial charge in [-0.3, -0.25) is 4.79 Å². The van der Waals surface area contributed by atoms with E-state index in [2.05, 4.69) is 0 Å². The third-order valence-corrected chi connectivity index (χ3v) is 2.06. The van der Waals surface area contributed by atoms with E-state index in [1.807, 2.05) is 26.0 Å². The lowest BCUT2D eigenvalue weighted by Crippen LogP contribution is -2.13. The summed E-state index contributed by atoms with van der Waals surface area (Å²) in [6.45, 7) is 4.45.